The lowest BCUT2D eigenvalue weighted by atomic mass is 10.1. The van der Waals surface area contributed by atoms with Gasteiger partial charge in [-0.2, -0.15) is 21.6 Å². The molecule has 8 unspecified atom stereocenters. The number of hydrogen-bond acceptors (Lipinski definition) is 44. The molecule has 114 heavy (non-hydrogen) atoms. The van der Waals surface area contributed by atoms with Crippen LogP contribution in [0.4, 0.5) is 0 Å². The molecule has 6 aliphatic rings. The number of aromatic amines is 3. The minimum absolute atomic E-state index is 0.0149. The van der Waals surface area contributed by atoms with Crippen LogP contribution in [0.15, 0.2) is 59.1 Å². The van der Waals surface area contributed by atoms with E-state index < -0.39 is 254 Å². The van der Waals surface area contributed by atoms with Crippen LogP contribution in [0.3, 0.4) is 0 Å². The summed E-state index contributed by atoms with van der Waals surface area (Å²) >= 11 is 10.5. The van der Waals surface area contributed by atoms with Crippen molar-refractivity contribution < 1.29 is 204 Å². The van der Waals surface area contributed by atoms with Crippen LogP contribution < -0.4 is 39.1 Å². The number of methoxy groups -OCH3 is 4. The second kappa shape index (κ2) is 39.7. The zero-order valence-corrected chi connectivity index (χ0v) is 65.4. The molecule has 0 radical (unpaired) electrons. The molecule has 0 aliphatic carbocycles. The first-order valence-electron chi connectivity index (χ1n) is 30.8. The van der Waals surface area contributed by atoms with Gasteiger partial charge in [0.2, 0.25) is 0 Å². The number of hydrogen-bond donors (Lipinski definition) is 19. The van der Waals surface area contributed by atoms with Crippen molar-refractivity contribution in [3.8, 4) is 0 Å². The fourth-order valence-corrected chi connectivity index (χ4v) is 18.6. The summed E-state index contributed by atoms with van der Waals surface area (Å²) in [4.78, 5) is 190. The number of phosphoric ester groups is 1. The van der Waals surface area contributed by atoms with E-state index in [1.165, 1.54) is 11.1 Å². The van der Waals surface area contributed by atoms with E-state index in [1.807, 2.05) is 15.0 Å². The molecule has 0 spiro atoms. The molecule has 1 amide bonds. The number of halogens is 2. The third kappa shape index (κ3) is 26.8. The highest BCUT2D eigenvalue weighted by atomic mass is 35.9. The number of nitrogens with one attached hydrogen (secondary N) is 4. The predicted octanol–water partition coefficient (Wildman–Crippen LogP) is -7.79. The normalized spacial score (nSPS) is 31.1. The van der Waals surface area contributed by atoms with Crippen LogP contribution in [0.2, 0.25) is 0 Å². The van der Waals surface area contributed by atoms with Crippen molar-refractivity contribution in [2.45, 2.75) is 124 Å². The van der Waals surface area contributed by atoms with Gasteiger partial charge < -0.3 is 128 Å². The lowest BCUT2D eigenvalue weighted by Gasteiger charge is -2.33. The predicted molar refractivity (Wildman–Crippen MR) is 358 cm³/mol. The fraction of sp³-hybridized carbons (Fsp3) is 0.604. The SMILES string of the molecule is COC(=O)CC1=CN([C@@H]2O[C@H](COP3(=O)OP(=O)(O)OP(=O)(O)O3)C(O)[C@@H]2O)CNC1=O.COC(=O)Cc1cn([C@@H]2O[C@H](CO)C(O)[C@@H]2O)c(=O)[nH]c1=O.COC(=O)Cc1cn([C@@H]2O[C@H](COP(=O)(Cl)Cl)C(O)[C@@H]2O)c(=O)[nH]c1=O.COC(=O)Cc1cn([C@@H]2O[C@H](COP(=O)(O)OP(=O)(O)OP(=O)(O)O)C(O)[C@@H]2O)c(=O)[nH]c1=O. The molecule has 9 heterocycles. The van der Waals surface area contributed by atoms with Crippen LogP contribution in [0.1, 0.15) is 41.8 Å². The van der Waals surface area contributed by atoms with Gasteiger partial charge in [-0.1, -0.05) is 0 Å². The molecule has 66 heteroatoms. The van der Waals surface area contributed by atoms with E-state index in [1.54, 1.807) is 0 Å². The van der Waals surface area contributed by atoms with Crippen LogP contribution >= 0.6 is 75.5 Å². The Labute approximate surface area is 641 Å². The standard InChI is InChI=1S/C12H15Cl2N2O9P.C12H19N2O17P3.C12H19N2O15P3.C12H16N2O8/c1-23-7(17)2-5-3-16(12(21)15-10(5)20)11-9(19)8(18)6(25-11)4-24-26(13,14)22;1-27-7(15)2-5-3-14(12(19)13-10(5)18)11-9(17)8(16)6(29-11)4-28-33(23,24)31-34(25,26)30-32(20,21)22;1-24-8(15)2-6-3-14(5-13-11(6)18)12-10(17)9(16)7(26-12)4-25-32(23)28-30(19,20)27-31(21,22)29-32;1-21-7(16)2-5-3-14(12(20)13-10(5)19)11-9(18)8(17)6(4-15)22-11/h3,6,8-9,11,18-19H,2,4H2,1H3,(H,15,20,21);3,6,8-9,11,16-17H,2,4H2,1H3,(H,23,24)(H,25,26)(H,13,18,19)(H2,20,21,22);3,7,9-10,12,16-17H,2,4-5H2,1H3,(H,13,18)(H,19,20)(H,21,22);3,6,8-9,11,15,17-18H,2,4H2,1H3,(H,13,19,20)/t2*6-,8?,9+,11-;7-,9?,10+,12-;6-,8?,9+,11-/m1111/s1. The largest absolute Gasteiger partial charge is 0.492 e. The Morgan fingerprint density at radius 2 is 0.833 bits per heavy atom. The fourth-order valence-electron chi connectivity index (χ4n) is 10.0. The first-order valence-corrected chi connectivity index (χ1v) is 43.2. The summed E-state index contributed by atoms with van der Waals surface area (Å²) in [7, 11) is -28.1. The quantitative estimate of drug-likeness (QED) is 0.0202. The van der Waals surface area contributed by atoms with Gasteiger partial charge in [0.25, 0.3) is 22.6 Å². The van der Waals surface area contributed by atoms with E-state index in [0.29, 0.717) is 4.57 Å². The van der Waals surface area contributed by atoms with E-state index in [4.69, 9.17) is 65.7 Å². The number of aliphatic hydroxyl groups is 9. The Kier molecular flexibility index (Phi) is 33.8. The molecule has 644 valence electrons. The number of rotatable bonds is 26. The molecule has 0 bridgehead atoms. The maximum absolute atomic E-state index is 12.3. The van der Waals surface area contributed by atoms with Gasteiger partial charge >= 0.3 is 94.0 Å². The molecular weight excluding hydrogens is 1760 g/mol. The number of aliphatic hydroxyl groups excluding tert-OH is 9. The highest BCUT2D eigenvalue weighted by Crippen LogP contribution is 2.80. The van der Waals surface area contributed by atoms with Crippen molar-refractivity contribution in [2.75, 3.05) is 61.5 Å². The molecule has 3 aromatic heterocycles. The Hall–Kier alpha value is -5.96. The third-order valence-corrected chi connectivity index (χ3v) is 25.5. The molecule has 6 aliphatic heterocycles. The lowest BCUT2D eigenvalue weighted by molar-refractivity contribution is -0.141. The summed E-state index contributed by atoms with van der Waals surface area (Å²) in [5, 5.41) is 92.0. The molecular formula is C48H69Cl2N8O49P7. The average Bonchev–Trinajstić information content (AvgIpc) is 1.29. The number of H-pyrrole nitrogens is 3. The summed E-state index contributed by atoms with van der Waals surface area (Å²) < 4.78 is 154. The summed E-state index contributed by atoms with van der Waals surface area (Å²) in [6, 6.07) is 0. The van der Waals surface area contributed by atoms with E-state index in [2.05, 4.69) is 54.9 Å². The highest BCUT2D eigenvalue weighted by molar-refractivity contribution is 8.05. The molecule has 19 N–H and O–H groups in total. The Bertz CT molecular complexity index is 4760. The number of amides is 1. The van der Waals surface area contributed by atoms with E-state index in [-0.39, 0.29) is 41.8 Å². The molecule has 9 rings (SSSR count). The monoisotopic (exact) mass is 1830 g/mol. The summed E-state index contributed by atoms with van der Waals surface area (Å²) in [5.74, 6) is -3.50. The zero-order chi connectivity index (χ0) is 86.0. The lowest BCUT2D eigenvalue weighted by Crippen LogP contribution is -2.49. The molecule has 0 aromatic carbocycles. The first kappa shape index (κ1) is 96.9. The minimum atomic E-state index is -5.79. The highest BCUT2D eigenvalue weighted by Gasteiger charge is 2.56. The molecule has 5 fully saturated rings. The van der Waals surface area contributed by atoms with Gasteiger partial charge in [-0.05, 0) is 22.5 Å². The van der Waals surface area contributed by atoms with Gasteiger partial charge in [0.15, 0.2) is 24.9 Å². The van der Waals surface area contributed by atoms with Crippen LogP contribution in [0.5, 0.6) is 0 Å². The Morgan fingerprint density at radius 3 is 1.19 bits per heavy atom. The van der Waals surface area contributed by atoms with Crippen molar-refractivity contribution in [2.24, 2.45) is 0 Å². The molecule has 20 atom stereocenters. The van der Waals surface area contributed by atoms with Gasteiger partial charge in [-0.3, -0.25) is 80.6 Å². The van der Waals surface area contributed by atoms with Gasteiger partial charge in [0, 0.05) is 47.1 Å². The average molecular weight is 1830 g/mol. The first-order chi connectivity index (χ1) is 52.6. The van der Waals surface area contributed by atoms with Crippen molar-refractivity contribution in [1.82, 2.24) is 38.9 Å². The molecule has 0 saturated carbocycles. The van der Waals surface area contributed by atoms with Crippen molar-refractivity contribution in [3.05, 3.63) is 110 Å². The molecule has 3 aromatic rings. The summed E-state index contributed by atoms with van der Waals surface area (Å²) in [6.45, 7) is -3.25. The van der Waals surface area contributed by atoms with Crippen LogP contribution in [-0.4, -0.2) is 280 Å². The van der Waals surface area contributed by atoms with Crippen molar-refractivity contribution in [3.63, 3.8) is 0 Å². The zero-order valence-electron chi connectivity index (χ0n) is 57.7. The summed E-state index contributed by atoms with van der Waals surface area (Å²) in [6.07, 6.45) is -25.6. The van der Waals surface area contributed by atoms with Gasteiger partial charge in [-0.25, -0.2) is 41.8 Å². The second-order valence-corrected chi connectivity index (χ2v) is 36.9. The topological polar surface area (TPSA) is 836 Å². The maximum atomic E-state index is 12.3. The number of esters is 4. The number of ether oxygens (including phenoxy) is 8. The van der Waals surface area contributed by atoms with Crippen LogP contribution in [-0.2, 0) is 148 Å². The van der Waals surface area contributed by atoms with E-state index in [0.717, 1.165) is 56.2 Å². The third-order valence-electron chi connectivity index (χ3n) is 15.3. The number of carbonyl (C=O) groups excluding carboxylic acids is 5. The van der Waals surface area contributed by atoms with Gasteiger partial charge in [-0.15, -0.1) is 0 Å². The Balaban J connectivity index is 0.000000240. The number of nitrogens with zero attached hydrogens (tertiary/aromatic N) is 4. The minimum Gasteiger partial charge on any atom is -0.469 e. The van der Waals surface area contributed by atoms with E-state index in [9.17, 15) is 140 Å². The maximum Gasteiger partial charge on any atom is 0.492 e. The number of aromatic nitrogens is 6. The molecule has 57 nitrogen and oxygen atoms in total. The van der Waals surface area contributed by atoms with Crippen molar-refractivity contribution >= 4 is 105 Å². The number of phosphoric acid groups is 6. The number of carbonyl (C=O) groups is 5. The van der Waals surface area contributed by atoms with Crippen molar-refractivity contribution in [1.29, 1.82) is 0 Å². The smallest absolute Gasteiger partial charge is 0.469 e. The Morgan fingerprint density at radius 1 is 0.491 bits per heavy atom. The van der Waals surface area contributed by atoms with Crippen LogP contribution in [0.25, 0.3) is 0 Å². The van der Waals surface area contributed by atoms with Gasteiger partial charge in [0.05, 0.1) is 87.2 Å². The summed E-state index contributed by atoms with van der Waals surface area (Å²) in [5.41, 5.74) is -5.93. The van der Waals surface area contributed by atoms with E-state index >= 15 is 0 Å². The van der Waals surface area contributed by atoms with Gasteiger partial charge in [0.1, 0.15) is 73.2 Å². The second-order valence-electron chi connectivity index (χ2n) is 23.2. The van der Waals surface area contributed by atoms with Crippen LogP contribution in [0, 0.1) is 0 Å². The molecule has 5 saturated heterocycles.